The minimum Gasteiger partial charge on any atom is -0.450 e. The second-order valence-corrected chi connectivity index (χ2v) is 9.61. The molecule has 4 N–H and O–H groups in total. The fourth-order valence-corrected chi connectivity index (χ4v) is 5.16. The van der Waals surface area contributed by atoms with Gasteiger partial charge in [0.15, 0.2) is 0 Å². The molecule has 0 radical (unpaired) electrons. The molecule has 0 unspecified atom stereocenters. The first-order chi connectivity index (χ1) is 15.2. The van der Waals surface area contributed by atoms with Crippen molar-refractivity contribution in [3.8, 4) is 0 Å². The van der Waals surface area contributed by atoms with Crippen LogP contribution in [-0.2, 0) is 17.7 Å². The van der Waals surface area contributed by atoms with Gasteiger partial charge in [0, 0.05) is 33.6 Å². The maximum atomic E-state index is 10.9. The molecule has 6 nitrogen and oxygen atoms in total. The number of hydrogen-bond donors (Lipinski definition) is 2. The van der Waals surface area contributed by atoms with Gasteiger partial charge in [-0.2, -0.15) is 0 Å². The van der Waals surface area contributed by atoms with Crippen LogP contribution < -0.4 is 11.5 Å². The van der Waals surface area contributed by atoms with Gasteiger partial charge in [0.05, 0.1) is 12.3 Å². The molecule has 0 aliphatic rings. The van der Waals surface area contributed by atoms with E-state index in [-0.39, 0.29) is 12.5 Å². The van der Waals surface area contributed by atoms with E-state index in [1.807, 2.05) is 36.4 Å². The molecular formula is C23H26Cl2N4O2S. The molecule has 3 aromatic rings. The summed E-state index contributed by atoms with van der Waals surface area (Å²) in [6.07, 6.45) is 0.484. The summed E-state index contributed by atoms with van der Waals surface area (Å²) in [5.41, 5.74) is 13.8. The lowest BCUT2D eigenvalue weighted by Gasteiger charge is -2.14. The molecule has 0 atom stereocenters. The third-order valence-corrected chi connectivity index (χ3v) is 6.26. The van der Waals surface area contributed by atoms with Crippen LogP contribution in [0.1, 0.15) is 43.3 Å². The van der Waals surface area contributed by atoms with Gasteiger partial charge in [-0.25, -0.2) is 9.78 Å². The number of nitrogens with two attached hydrogens (primary N) is 2. The van der Waals surface area contributed by atoms with Gasteiger partial charge < -0.3 is 20.8 Å². The smallest absolute Gasteiger partial charge is 0.404 e. The van der Waals surface area contributed by atoms with Crippen LogP contribution in [0.25, 0.3) is 0 Å². The molecular weight excluding hydrogens is 467 g/mol. The fraction of sp³-hybridized carbons (Fsp3) is 0.304. The van der Waals surface area contributed by atoms with Gasteiger partial charge in [0.2, 0.25) is 0 Å². The molecule has 0 bridgehead atoms. The number of halogens is 2. The van der Waals surface area contributed by atoms with E-state index in [0.717, 1.165) is 27.0 Å². The van der Waals surface area contributed by atoms with Crippen molar-refractivity contribution >= 4 is 46.7 Å². The van der Waals surface area contributed by atoms with Gasteiger partial charge >= 0.3 is 6.09 Å². The van der Waals surface area contributed by atoms with Crippen LogP contribution in [0.2, 0.25) is 10.0 Å². The molecule has 32 heavy (non-hydrogen) atoms. The first kappa shape index (κ1) is 24.3. The molecule has 170 valence electrons. The van der Waals surface area contributed by atoms with Gasteiger partial charge in [-0.3, -0.25) is 0 Å². The lowest BCUT2D eigenvalue weighted by molar-refractivity contribution is 0.155. The highest BCUT2D eigenvalue weighted by atomic mass is 35.5. The lowest BCUT2D eigenvalue weighted by Crippen LogP contribution is -2.14. The van der Waals surface area contributed by atoms with E-state index < -0.39 is 6.09 Å². The predicted octanol–water partition coefficient (Wildman–Crippen LogP) is 6.12. The van der Waals surface area contributed by atoms with Crippen LogP contribution in [0.15, 0.2) is 52.4 Å². The number of nitrogen functional groups attached to an aromatic ring is 1. The Morgan fingerprint density at radius 2 is 1.81 bits per heavy atom. The summed E-state index contributed by atoms with van der Waals surface area (Å²) in [4.78, 5) is 16.8. The number of carbonyl (C=O) groups is 1. The molecule has 0 aliphatic carbocycles. The zero-order valence-electron chi connectivity index (χ0n) is 18.0. The Balaban J connectivity index is 2.00. The Morgan fingerprint density at radius 3 is 2.41 bits per heavy atom. The molecule has 0 saturated carbocycles. The molecule has 1 heterocycles. The van der Waals surface area contributed by atoms with E-state index in [1.54, 1.807) is 17.8 Å². The zero-order valence-corrected chi connectivity index (χ0v) is 20.3. The van der Waals surface area contributed by atoms with Crippen LogP contribution in [-0.4, -0.2) is 22.3 Å². The summed E-state index contributed by atoms with van der Waals surface area (Å²) in [6, 6.07) is 13.3. The van der Waals surface area contributed by atoms with E-state index in [9.17, 15) is 4.79 Å². The monoisotopic (exact) mass is 492 g/mol. The standard InChI is InChI=1S/C23H26Cl2N4O2S/c1-14(2)21-22(32-19-11-16(24)10-17(25)12-19)29(13-15-5-7-18(26)8-6-15)20(28-21)4-3-9-31-23(27)30/h5-8,10-12,14H,3-4,9,13,26H2,1-2H3,(H2,27,30). The summed E-state index contributed by atoms with van der Waals surface area (Å²) < 4.78 is 7.09. The van der Waals surface area contributed by atoms with Crippen molar-refractivity contribution in [2.45, 2.75) is 49.1 Å². The highest BCUT2D eigenvalue weighted by Crippen LogP contribution is 2.37. The predicted molar refractivity (Wildman–Crippen MR) is 131 cm³/mol. The van der Waals surface area contributed by atoms with Crippen molar-refractivity contribution in [1.82, 2.24) is 9.55 Å². The zero-order chi connectivity index (χ0) is 23.3. The van der Waals surface area contributed by atoms with Crippen molar-refractivity contribution in [2.24, 2.45) is 5.73 Å². The molecule has 0 aliphatic heterocycles. The van der Waals surface area contributed by atoms with E-state index in [2.05, 4.69) is 18.4 Å². The second-order valence-electron chi connectivity index (χ2n) is 7.68. The van der Waals surface area contributed by atoms with Crippen molar-refractivity contribution in [3.63, 3.8) is 0 Å². The molecule has 9 heteroatoms. The van der Waals surface area contributed by atoms with Crippen LogP contribution in [0.5, 0.6) is 0 Å². The number of imidazole rings is 1. The quantitative estimate of drug-likeness (QED) is 0.276. The highest BCUT2D eigenvalue weighted by molar-refractivity contribution is 7.99. The van der Waals surface area contributed by atoms with Gasteiger partial charge in [-0.1, -0.05) is 60.9 Å². The van der Waals surface area contributed by atoms with Crippen molar-refractivity contribution in [2.75, 3.05) is 12.3 Å². The van der Waals surface area contributed by atoms with E-state index >= 15 is 0 Å². The fourth-order valence-electron chi connectivity index (χ4n) is 3.25. The van der Waals surface area contributed by atoms with Gasteiger partial charge in [-0.15, -0.1) is 0 Å². The number of hydrogen-bond acceptors (Lipinski definition) is 5. The Hall–Kier alpha value is -2.35. The molecule has 3 rings (SSSR count). The number of nitrogens with zero attached hydrogens (tertiary/aromatic N) is 2. The van der Waals surface area contributed by atoms with E-state index in [0.29, 0.717) is 35.1 Å². The summed E-state index contributed by atoms with van der Waals surface area (Å²) in [5, 5.41) is 2.19. The summed E-state index contributed by atoms with van der Waals surface area (Å²) in [6.45, 7) is 5.10. The van der Waals surface area contributed by atoms with Crippen LogP contribution >= 0.6 is 35.0 Å². The maximum absolute atomic E-state index is 10.9. The second kappa shape index (κ2) is 11.0. The van der Waals surface area contributed by atoms with E-state index in [4.69, 9.17) is 44.4 Å². The van der Waals surface area contributed by atoms with Gasteiger partial charge in [0.1, 0.15) is 10.9 Å². The number of amides is 1. The summed E-state index contributed by atoms with van der Waals surface area (Å²) >= 11 is 14.1. The van der Waals surface area contributed by atoms with Crippen LogP contribution in [0.3, 0.4) is 0 Å². The van der Waals surface area contributed by atoms with Crippen LogP contribution in [0.4, 0.5) is 10.5 Å². The lowest BCUT2D eigenvalue weighted by atomic mass is 10.1. The number of primary amides is 1. The van der Waals surface area contributed by atoms with Gasteiger partial charge in [-0.05, 0) is 48.2 Å². The largest absolute Gasteiger partial charge is 0.450 e. The van der Waals surface area contributed by atoms with Crippen molar-refractivity contribution in [1.29, 1.82) is 0 Å². The third kappa shape index (κ3) is 6.58. The summed E-state index contributed by atoms with van der Waals surface area (Å²) in [5.74, 6) is 1.12. The Kier molecular flexibility index (Phi) is 8.34. The van der Waals surface area contributed by atoms with E-state index in [1.165, 1.54) is 0 Å². The Bertz CT molecular complexity index is 1060. The number of anilines is 1. The third-order valence-electron chi connectivity index (χ3n) is 4.73. The van der Waals surface area contributed by atoms with Gasteiger partial charge in [0.25, 0.3) is 0 Å². The minimum absolute atomic E-state index is 0.209. The Labute approximate surface area is 202 Å². The normalized spacial score (nSPS) is 11.2. The molecule has 2 aromatic carbocycles. The highest BCUT2D eigenvalue weighted by Gasteiger charge is 2.21. The molecule has 0 saturated heterocycles. The maximum Gasteiger partial charge on any atom is 0.404 e. The molecule has 1 aromatic heterocycles. The van der Waals surface area contributed by atoms with Crippen molar-refractivity contribution < 1.29 is 9.53 Å². The molecule has 0 spiro atoms. The molecule has 1 amide bonds. The molecule has 0 fully saturated rings. The number of ether oxygens (including phenoxy) is 1. The van der Waals surface area contributed by atoms with Crippen molar-refractivity contribution in [3.05, 3.63) is 69.6 Å². The minimum atomic E-state index is -0.771. The topological polar surface area (TPSA) is 96.2 Å². The average Bonchev–Trinajstić information content (AvgIpc) is 3.03. The number of aromatic nitrogens is 2. The van der Waals surface area contributed by atoms with Crippen LogP contribution in [0, 0.1) is 0 Å². The first-order valence-corrected chi connectivity index (χ1v) is 11.8. The average molecular weight is 493 g/mol. The number of carbonyl (C=O) groups excluding carboxylic acids is 1. The number of aryl methyl sites for hydroxylation is 1. The number of benzene rings is 2. The Morgan fingerprint density at radius 1 is 1.16 bits per heavy atom. The number of rotatable bonds is 9. The first-order valence-electron chi connectivity index (χ1n) is 10.2. The summed E-state index contributed by atoms with van der Waals surface area (Å²) in [7, 11) is 0. The SMILES string of the molecule is CC(C)c1nc(CCCOC(N)=O)n(Cc2ccc(N)cc2)c1Sc1cc(Cl)cc(Cl)c1.